The van der Waals surface area contributed by atoms with E-state index in [1.54, 1.807) is 12.2 Å². The molecule has 260 valence electrons. The van der Waals surface area contributed by atoms with Gasteiger partial charge in [-0.25, -0.2) is 0 Å². The molecule has 0 radical (unpaired) electrons. The van der Waals surface area contributed by atoms with Crippen LogP contribution >= 0.6 is 0 Å². The van der Waals surface area contributed by atoms with Crippen molar-refractivity contribution in [2.45, 2.75) is 163 Å². The zero-order valence-electron chi connectivity index (χ0n) is 32.2. The summed E-state index contributed by atoms with van der Waals surface area (Å²) < 4.78 is 21.4. The molecule has 0 spiro atoms. The molecule has 0 heterocycles. The maximum atomic E-state index is 11.7. The first kappa shape index (κ1) is 43.4. The van der Waals surface area contributed by atoms with Gasteiger partial charge >= 0.3 is 0 Å². The molecule has 0 aliphatic heterocycles. The molecule has 7 unspecified atom stereocenters. The number of rotatable bonds is 16. The monoisotopic (exact) mass is 671 g/mol. The Morgan fingerprint density at radius 3 is 1.50 bits per heavy atom. The Hall–Kier alpha value is -0.559. The topological polar surface area (TPSA) is 91.0 Å². The number of hydrogen-bond acceptors (Lipinski definition) is 5. The number of allylic oxidation sites excluding steroid dienone is 2. The summed E-state index contributed by atoms with van der Waals surface area (Å²) in [6, 6.07) is 0. The molecule has 0 aromatic heterocycles. The highest BCUT2D eigenvalue weighted by Gasteiger charge is 2.48. The van der Waals surface area contributed by atoms with Crippen molar-refractivity contribution < 1.29 is 23.2 Å². The predicted molar refractivity (Wildman–Crippen MR) is 197 cm³/mol. The van der Waals surface area contributed by atoms with E-state index in [1.807, 2.05) is 13.0 Å². The van der Waals surface area contributed by atoms with Crippen LogP contribution < -0.4 is 5.73 Å². The van der Waals surface area contributed by atoms with Crippen LogP contribution in [0.3, 0.4) is 0 Å². The fraction of sp³-hybridized carbons (Fsp3) is 0.857. The molecule has 1 amide bonds. The van der Waals surface area contributed by atoms with Crippen LogP contribution in [0, 0.1) is 23.7 Å². The van der Waals surface area contributed by atoms with Crippen LogP contribution in [0.1, 0.15) is 90.0 Å². The summed E-state index contributed by atoms with van der Waals surface area (Å²) in [5.41, 5.74) is 5.24. The van der Waals surface area contributed by atoms with Crippen molar-refractivity contribution in [2.75, 3.05) is 6.61 Å². The van der Waals surface area contributed by atoms with Crippen LogP contribution in [0.5, 0.6) is 0 Å². The predicted octanol–water partition coefficient (Wildman–Crippen LogP) is 9.29. The Kier molecular flexibility index (Phi) is 15.8. The second kappa shape index (κ2) is 16.0. The van der Waals surface area contributed by atoms with Crippen molar-refractivity contribution in [1.29, 1.82) is 0 Å². The fourth-order valence-electron chi connectivity index (χ4n) is 4.48. The highest BCUT2D eigenvalue weighted by molar-refractivity contribution is 6.75. The van der Waals surface area contributed by atoms with Gasteiger partial charge in [0.15, 0.2) is 25.0 Å². The van der Waals surface area contributed by atoms with Crippen LogP contribution in [0.25, 0.3) is 0 Å². The lowest BCUT2D eigenvalue weighted by molar-refractivity contribution is -0.113. The Labute approximate surface area is 276 Å². The summed E-state index contributed by atoms with van der Waals surface area (Å²) in [6.07, 6.45) is 5.66. The number of carbonyl (C=O) groups is 1. The Morgan fingerprint density at radius 1 is 0.705 bits per heavy atom. The molecule has 6 nitrogen and oxygen atoms in total. The standard InChI is InChI=1S/C35H73NO5Si3/c1-25(22-20-21-23-29(36)37)30(38)27(3)32(41-44(18,19)35(11,12)13)28(4)31(40-43(16,17)34(8,9)10)26(2)24-39-42(14,15)33(5,6)7/h20-23,25-28,30-32,38H,24H2,1-19H3,(H2,36,37)/b22-20+,23-21-. The van der Waals surface area contributed by atoms with Crippen molar-refractivity contribution in [3.8, 4) is 0 Å². The number of primary amides is 1. The van der Waals surface area contributed by atoms with Crippen molar-refractivity contribution in [1.82, 2.24) is 0 Å². The maximum absolute atomic E-state index is 11.7. The molecule has 0 aromatic carbocycles. The second-order valence-electron chi connectivity index (χ2n) is 17.9. The molecule has 0 aromatic rings. The lowest BCUT2D eigenvalue weighted by Crippen LogP contribution is -2.55. The van der Waals surface area contributed by atoms with Gasteiger partial charge < -0.3 is 24.1 Å². The van der Waals surface area contributed by atoms with Gasteiger partial charge in [0.1, 0.15) is 0 Å². The van der Waals surface area contributed by atoms with Gasteiger partial charge in [-0.1, -0.05) is 108 Å². The Balaban J connectivity index is 6.81. The van der Waals surface area contributed by atoms with Gasteiger partial charge in [-0.05, 0) is 54.4 Å². The van der Waals surface area contributed by atoms with Crippen molar-refractivity contribution in [3.05, 3.63) is 24.3 Å². The molecule has 0 saturated carbocycles. The Morgan fingerprint density at radius 2 is 1.11 bits per heavy atom. The quantitative estimate of drug-likeness (QED) is 0.0970. The lowest BCUT2D eigenvalue weighted by Gasteiger charge is -2.49. The summed E-state index contributed by atoms with van der Waals surface area (Å²) in [6.45, 7) is 43.6. The third-order valence-corrected chi connectivity index (χ3v) is 24.4. The van der Waals surface area contributed by atoms with Gasteiger partial charge in [-0.2, -0.15) is 0 Å². The molecule has 7 atom stereocenters. The molecule has 44 heavy (non-hydrogen) atoms. The zero-order chi connectivity index (χ0) is 35.3. The van der Waals surface area contributed by atoms with Crippen molar-refractivity contribution >= 4 is 30.9 Å². The van der Waals surface area contributed by atoms with E-state index in [1.165, 1.54) is 6.08 Å². The fourth-order valence-corrected chi connectivity index (χ4v) is 8.54. The maximum Gasteiger partial charge on any atom is 0.241 e. The summed E-state index contributed by atoms with van der Waals surface area (Å²) in [5.74, 6) is -0.671. The largest absolute Gasteiger partial charge is 0.416 e. The number of aliphatic hydroxyl groups excluding tert-OH is 1. The van der Waals surface area contributed by atoms with Crippen molar-refractivity contribution in [2.24, 2.45) is 29.4 Å². The molecule has 0 aliphatic carbocycles. The molecular weight excluding hydrogens is 599 g/mol. The van der Waals surface area contributed by atoms with Gasteiger partial charge in [-0.3, -0.25) is 4.79 Å². The number of aliphatic hydroxyl groups is 1. The first-order valence-electron chi connectivity index (χ1n) is 16.7. The Bertz CT molecular complexity index is 957. The van der Waals surface area contributed by atoms with Gasteiger partial charge in [0.05, 0.1) is 18.3 Å². The average Bonchev–Trinajstić information content (AvgIpc) is 2.83. The molecule has 0 rings (SSSR count). The van der Waals surface area contributed by atoms with Crippen LogP contribution in [-0.4, -0.2) is 60.9 Å². The second-order valence-corrected chi connectivity index (χ2v) is 32.3. The van der Waals surface area contributed by atoms with Gasteiger partial charge in [0.25, 0.3) is 0 Å². The molecule has 0 saturated heterocycles. The number of nitrogens with two attached hydrogens (primary N) is 1. The number of amides is 1. The minimum Gasteiger partial charge on any atom is -0.416 e. The van der Waals surface area contributed by atoms with Gasteiger partial charge in [-0.15, -0.1) is 0 Å². The van der Waals surface area contributed by atoms with E-state index in [0.717, 1.165) is 0 Å². The van der Waals surface area contributed by atoms with E-state index in [0.29, 0.717) is 6.61 Å². The summed E-state index contributed by atoms with van der Waals surface area (Å²) >= 11 is 0. The SMILES string of the molecule is CC(/C=C/C=C\C(N)=O)C(O)C(C)C(O[Si](C)(C)C(C)(C)C)C(C)C(O[Si](C)(C)C(C)(C)C)C(C)CO[Si](C)(C)C(C)(C)C. The molecule has 3 N–H and O–H groups in total. The van der Waals surface area contributed by atoms with Gasteiger partial charge in [0.2, 0.25) is 5.91 Å². The normalized spacial score (nSPS) is 19.5. The summed E-state index contributed by atoms with van der Waals surface area (Å²) in [7, 11) is -6.36. The van der Waals surface area contributed by atoms with E-state index in [4.69, 9.17) is 19.0 Å². The van der Waals surface area contributed by atoms with Crippen LogP contribution in [0.15, 0.2) is 24.3 Å². The third kappa shape index (κ3) is 12.6. The first-order valence-corrected chi connectivity index (χ1v) is 25.4. The van der Waals surface area contributed by atoms with E-state index in [2.05, 4.69) is 122 Å². The van der Waals surface area contributed by atoms with Crippen LogP contribution in [-0.2, 0) is 18.1 Å². The van der Waals surface area contributed by atoms with Crippen molar-refractivity contribution in [3.63, 3.8) is 0 Å². The van der Waals surface area contributed by atoms with Gasteiger partial charge in [0, 0.05) is 36.4 Å². The highest BCUT2D eigenvalue weighted by Crippen LogP contribution is 2.44. The summed E-state index contributed by atoms with van der Waals surface area (Å²) in [4.78, 5) is 11.1. The lowest BCUT2D eigenvalue weighted by atomic mass is 9.80. The molecular formula is C35H73NO5Si3. The van der Waals surface area contributed by atoms with Crippen LogP contribution in [0.2, 0.25) is 54.4 Å². The molecule has 9 heteroatoms. The third-order valence-electron chi connectivity index (χ3n) is 11.0. The summed E-state index contributed by atoms with van der Waals surface area (Å²) in [5, 5.41) is 11.9. The van der Waals surface area contributed by atoms with E-state index < -0.39 is 37.0 Å². The smallest absolute Gasteiger partial charge is 0.241 e. The van der Waals surface area contributed by atoms with Crippen LogP contribution in [0.4, 0.5) is 0 Å². The minimum absolute atomic E-state index is 0.00635. The first-order chi connectivity index (χ1) is 19.4. The molecule has 0 aliphatic rings. The minimum atomic E-state index is -2.23. The number of hydrogen-bond donors (Lipinski definition) is 2. The molecule has 0 bridgehead atoms. The van der Waals surface area contributed by atoms with E-state index in [9.17, 15) is 9.90 Å². The van der Waals surface area contributed by atoms with E-state index in [-0.39, 0.29) is 51.0 Å². The number of carbonyl (C=O) groups excluding carboxylic acids is 1. The zero-order valence-corrected chi connectivity index (χ0v) is 35.2. The molecule has 0 fully saturated rings. The highest BCUT2D eigenvalue weighted by atomic mass is 28.4. The average molecular weight is 672 g/mol. The van der Waals surface area contributed by atoms with E-state index >= 15 is 0 Å².